The summed E-state index contributed by atoms with van der Waals surface area (Å²) in [6, 6.07) is 6.84. The zero-order valence-corrected chi connectivity index (χ0v) is 21.1. The van der Waals surface area contributed by atoms with Crippen LogP contribution < -0.4 is 11.1 Å². The first kappa shape index (κ1) is 26.3. The fraction of sp³-hybridized carbons (Fsp3) is 0.320. The van der Waals surface area contributed by atoms with E-state index < -0.39 is 42.0 Å². The number of carbonyl (C=O) groups excluding carboxylic acids is 1. The molecule has 0 aliphatic heterocycles. The van der Waals surface area contributed by atoms with Gasteiger partial charge in [0.25, 0.3) is 5.91 Å². The SMILES string of the molecule is Nc1ncc([C@@H]2CCCC(F)(F)C2)nc1-c1ccc(C(=O)N[C@H](CO)c2cc(F)cc(I)c2)c(F)c1. The Balaban J connectivity index is 1.57. The van der Waals surface area contributed by atoms with Crippen molar-refractivity contribution < 1.29 is 27.5 Å². The fourth-order valence-electron chi connectivity index (χ4n) is 4.34. The van der Waals surface area contributed by atoms with Gasteiger partial charge < -0.3 is 16.2 Å². The van der Waals surface area contributed by atoms with Gasteiger partial charge in [0, 0.05) is 27.9 Å². The number of nitrogens with one attached hydrogen (secondary N) is 1. The van der Waals surface area contributed by atoms with E-state index in [1.165, 1.54) is 30.5 Å². The molecule has 190 valence electrons. The summed E-state index contributed by atoms with van der Waals surface area (Å²) < 4.78 is 57.1. The summed E-state index contributed by atoms with van der Waals surface area (Å²) in [5.41, 5.74) is 6.69. The van der Waals surface area contributed by atoms with Crippen LogP contribution in [0.5, 0.6) is 0 Å². The van der Waals surface area contributed by atoms with E-state index in [0.717, 1.165) is 6.07 Å². The van der Waals surface area contributed by atoms with Crippen LogP contribution in [0.3, 0.4) is 0 Å². The maximum Gasteiger partial charge on any atom is 0.254 e. The number of anilines is 1. The van der Waals surface area contributed by atoms with Gasteiger partial charge in [0.2, 0.25) is 5.92 Å². The van der Waals surface area contributed by atoms with Crippen LogP contribution in [0.4, 0.5) is 23.4 Å². The number of nitrogens with zero attached hydrogens (tertiary/aromatic N) is 2. The molecule has 1 saturated carbocycles. The summed E-state index contributed by atoms with van der Waals surface area (Å²) in [6.07, 6.45) is 1.77. The molecule has 36 heavy (non-hydrogen) atoms. The first-order valence-corrected chi connectivity index (χ1v) is 12.3. The van der Waals surface area contributed by atoms with E-state index >= 15 is 0 Å². The van der Waals surface area contributed by atoms with Crippen molar-refractivity contribution in [3.8, 4) is 11.3 Å². The maximum absolute atomic E-state index is 15.0. The zero-order valence-electron chi connectivity index (χ0n) is 18.9. The number of alkyl halides is 2. The predicted molar refractivity (Wildman–Crippen MR) is 134 cm³/mol. The number of rotatable bonds is 6. The number of aliphatic hydroxyl groups is 1. The van der Waals surface area contributed by atoms with Gasteiger partial charge in [-0.2, -0.15) is 0 Å². The Hall–Kier alpha value is -2.80. The summed E-state index contributed by atoms with van der Waals surface area (Å²) >= 11 is 1.91. The lowest BCUT2D eigenvalue weighted by Gasteiger charge is -2.28. The first-order valence-electron chi connectivity index (χ1n) is 11.2. The monoisotopic (exact) mass is 614 g/mol. The molecule has 0 saturated heterocycles. The number of halogens is 5. The van der Waals surface area contributed by atoms with Crippen molar-refractivity contribution in [3.63, 3.8) is 0 Å². The molecule has 6 nitrogen and oxygen atoms in total. The highest BCUT2D eigenvalue weighted by molar-refractivity contribution is 14.1. The lowest BCUT2D eigenvalue weighted by atomic mass is 9.84. The summed E-state index contributed by atoms with van der Waals surface area (Å²) in [5.74, 6) is -5.49. The van der Waals surface area contributed by atoms with Gasteiger partial charge in [-0.05, 0) is 71.3 Å². The summed E-state index contributed by atoms with van der Waals surface area (Å²) in [4.78, 5) is 21.2. The second-order valence-electron chi connectivity index (χ2n) is 8.78. The topological polar surface area (TPSA) is 101 Å². The van der Waals surface area contributed by atoms with Gasteiger partial charge in [-0.3, -0.25) is 4.79 Å². The van der Waals surface area contributed by atoms with Gasteiger partial charge in [-0.25, -0.2) is 27.5 Å². The Morgan fingerprint density at radius 2 is 2.03 bits per heavy atom. The van der Waals surface area contributed by atoms with Crippen molar-refractivity contribution in [3.05, 3.63) is 74.6 Å². The molecule has 3 aromatic rings. The minimum absolute atomic E-state index is 0.000951. The molecule has 0 radical (unpaired) electrons. The Bertz CT molecular complexity index is 1270. The van der Waals surface area contributed by atoms with E-state index in [0.29, 0.717) is 27.7 Å². The standard InChI is InChI=1S/C25H23F4IN4O2/c26-16-6-15(7-17(30)9-16)21(12-35)34-24(36)18-4-3-13(8-19(18)27)22-23(31)32-11-20(33-22)14-2-1-5-25(28,29)10-14/h3-4,6-9,11,14,21,35H,1-2,5,10,12H2,(H2,31,32)(H,34,36)/t14-,21-/m1/s1. The minimum atomic E-state index is -2.77. The van der Waals surface area contributed by atoms with E-state index in [1.807, 2.05) is 22.6 Å². The van der Waals surface area contributed by atoms with E-state index in [1.54, 1.807) is 6.07 Å². The van der Waals surface area contributed by atoms with E-state index in [-0.39, 0.29) is 35.5 Å². The quantitative estimate of drug-likeness (QED) is 0.256. The second-order valence-corrected chi connectivity index (χ2v) is 10.0. The first-order chi connectivity index (χ1) is 17.1. The van der Waals surface area contributed by atoms with E-state index in [9.17, 15) is 27.5 Å². The van der Waals surface area contributed by atoms with Crippen LogP contribution in [-0.2, 0) is 0 Å². The predicted octanol–water partition coefficient (Wildman–Crippen LogP) is 5.36. The van der Waals surface area contributed by atoms with Crippen LogP contribution in [0.25, 0.3) is 11.3 Å². The zero-order chi connectivity index (χ0) is 26.0. The van der Waals surface area contributed by atoms with Gasteiger partial charge in [0.15, 0.2) is 0 Å². The Labute approximate surface area is 218 Å². The van der Waals surface area contributed by atoms with Crippen LogP contribution in [-0.4, -0.2) is 33.5 Å². The van der Waals surface area contributed by atoms with Gasteiger partial charge >= 0.3 is 0 Å². The number of nitrogens with two attached hydrogens (primary N) is 1. The molecule has 0 spiro atoms. The summed E-state index contributed by atoms with van der Waals surface area (Å²) in [5, 5.41) is 12.2. The third kappa shape index (κ3) is 5.94. The van der Waals surface area contributed by atoms with E-state index in [2.05, 4.69) is 15.3 Å². The van der Waals surface area contributed by atoms with Gasteiger partial charge in [-0.1, -0.05) is 6.07 Å². The number of hydrogen-bond acceptors (Lipinski definition) is 5. The highest BCUT2D eigenvalue weighted by Crippen LogP contribution is 2.41. The van der Waals surface area contributed by atoms with Crippen LogP contribution in [0.1, 0.15) is 59.3 Å². The number of aliphatic hydroxyl groups excluding tert-OH is 1. The van der Waals surface area contributed by atoms with Crippen LogP contribution in [0.2, 0.25) is 0 Å². The molecule has 1 amide bonds. The van der Waals surface area contributed by atoms with Crippen molar-refractivity contribution >= 4 is 34.3 Å². The van der Waals surface area contributed by atoms with Crippen molar-refractivity contribution in [2.75, 3.05) is 12.3 Å². The maximum atomic E-state index is 15.0. The molecule has 2 atom stereocenters. The molecule has 4 rings (SSSR count). The molecule has 1 aliphatic rings. The third-order valence-electron chi connectivity index (χ3n) is 6.14. The van der Waals surface area contributed by atoms with Gasteiger partial charge in [0.1, 0.15) is 23.1 Å². The fourth-order valence-corrected chi connectivity index (χ4v) is 5.00. The average Bonchev–Trinajstić information content (AvgIpc) is 2.81. The minimum Gasteiger partial charge on any atom is -0.394 e. The molecule has 0 unspecified atom stereocenters. The lowest BCUT2D eigenvalue weighted by molar-refractivity contribution is -0.0412. The number of benzene rings is 2. The van der Waals surface area contributed by atoms with Gasteiger partial charge in [-0.15, -0.1) is 0 Å². The third-order valence-corrected chi connectivity index (χ3v) is 6.76. The summed E-state index contributed by atoms with van der Waals surface area (Å²) in [6.45, 7) is -0.524. The molecule has 11 heteroatoms. The largest absolute Gasteiger partial charge is 0.394 e. The molecule has 2 aromatic carbocycles. The Kier molecular flexibility index (Phi) is 7.79. The van der Waals surface area contributed by atoms with Crippen molar-refractivity contribution in [1.29, 1.82) is 0 Å². The van der Waals surface area contributed by atoms with E-state index in [4.69, 9.17) is 5.73 Å². The second kappa shape index (κ2) is 10.7. The normalized spacial score (nSPS) is 18.0. The number of hydrogen-bond donors (Lipinski definition) is 3. The highest BCUT2D eigenvalue weighted by atomic mass is 127. The molecular weight excluding hydrogens is 591 g/mol. The number of amides is 1. The number of nitrogen functional groups attached to an aromatic ring is 1. The molecular formula is C25H23F4IN4O2. The molecule has 4 N–H and O–H groups in total. The van der Waals surface area contributed by atoms with Gasteiger partial charge in [0.05, 0.1) is 30.1 Å². The van der Waals surface area contributed by atoms with Crippen molar-refractivity contribution in [2.45, 2.75) is 43.6 Å². The molecule has 1 heterocycles. The number of aromatic nitrogens is 2. The van der Waals surface area contributed by atoms with Crippen LogP contribution >= 0.6 is 22.6 Å². The molecule has 1 fully saturated rings. The molecule has 1 aliphatic carbocycles. The Morgan fingerprint density at radius 1 is 1.25 bits per heavy atom. The highest BCUT2D eigenvalue weighted by Gasteiger charge is 2.37. The lowest BCUT2D eigenvalue weighted by Crippen LogP contribution is -2.31. The smallest absolute Gasteiger partial charge is 0.254 e. The molecule has 0 bridgehead atoms. The molecule has 1 aromatic heterocycles. The number of carbonyl (C=O) groups is 1. The van der Waals surface area contributed by atoms with Crippen LogP contribution in [0, 0.1) is 15.2 Å². The van der Waals surface area contributed by atoms with Crippen molar-refractivity contribution in [1.82, 2.24) is 15.3 Å². The summed E-state index contributed by atoms with van der Waals surface area (Å²) in [7, 11) is 0. The average molecular weight is 614 g/mol. The Morgan fingerprint density at radius 3 is 2.69 bits per heavy atom. The van der Waals surface area contributed by atoms with Crippen LogP contribution in [0.15, 0.2) is 42.6 Å². The van der Waals surface area contributed by atoms with Crippen molar-refractivity contribution in [2.24, 2.45) is 0 Å².